The fourth-order valence-corrected chi connectivity index (χ4v) is 7.92. The van der Waals surface area contributed by atoms with Crippen LogP contribution in [-0.4, -0.2) is 64.7 Å². The smallest absolute Gasteiger partial charge is 0.319 e. The van der Waals surface area contributed by atoms with Gasteiger partial charge in [-0.3, -0.25) is 4.90 Å². The van der Waals surface area contributed by atoms with Crippen molar-refractivity contribution < 1.29 is 17.9 Å². The number of pyridine rings is 1. The second kappa shape index (κ2) is 12.8. The molecule has 0 bridgehead atoms. The number of rotatable bonds is 5. The number of anilines is 2. The summed E-state index contributed by atoms with van der Waals surface area (Å²) in [6.07, 6.45) is 12.8. The van der Waals surface area contributed by atoms with Crippen LogP contribution in [0.3, 0.4) is 0 Å². The number of hydrogen-bond donors (Lipinski definition) is 3. The van der Waals surface area contributed by atoms with E-state index in [0.29, 0.717) is 49.7 Å². The molecule has 246 valence electrons. The minimum absolute atomic E-state index is 0.0161. The van der Waals surface area contributed by atoms with Crippen molar-refractivity contribution in [3.8, 4) is 29.6 Å². The fourth-order valence-electron chi connectivity index (χ4n) is 7.92. The van der Waals surface area contributed by atoms with E-state index in [2.05, 4.69) is 38.3 Å². The van der Waals surface area contributed by atoms with Crippen LogP contribution in [0.15, 0.2) is 18.2 Å². The van der Waals surface area contributed by atoms with Crippen LogP contribution < -0.4 is 21.1 Å². The lowest BCUT2D eigenvalue weighted by Crippen LogP contribution is -2.43. The van der Waals surface area contributed by atoms with Gasteiger partial charge in [0.15, 0.2) is 5.82 Å². The Labute approximate surface area is 272 Å². The second-order valence-corrected chi connectivity index (χ2v) is 13.1. The molecule has 7 rings (SSSR count). The number of nitrogens with zero attached hydrogens (tertiary/aromatic N) is 4. The predicted molar refractivity (Wildman–Crippen MR) is 179 cm³/mol. The van der Waals surface area contributed by atoms with Gasteiger partial charge in [-0.15, -0.1) is 6.42 Å². The molecule has 0 spiro atoms. The molecule has 3 aliphatic rings. The monoisotopic (exact) mass is 643 g/mol. The van der Waals surface area contributed by atoms with Gasteiger partial charge in [0.05, 0.1) is 27.7 Å². The van der Waals surface area contributed by atoms with Gasteiger partial charge >= 0.3 is 6.01 Å². The van der Waals surface area contributed by atoms with Crippen LogP contribution in [0.5, 0.6) is 6.01 Å². The molecule has 1 atom stereocenters. The van der Waals surface area contributed by atoms with Crippen molar-refractivity contribution in [2.24, 2.45) is 5.92 Å². The Balaban J connectivity index is 1.45. The lowest BCUT2D eigenvalue weighted by molar-refractivity contribution is 0.108. The molecule has 47 heavy (non-hydrogen) atoms. The van der Waals surface area contributed by atoms with Gasteiger partial charge in [0, 0.05) is 24.0 Å². The molecule has 0 aliphatic carbocycles. The molecule has 2 fully saturated rings. The predicted octanol–water partition coefficient (Wildman–Crippen LogP) is 6.20. The minimum atomic E-state index is -0.957. The van der Waals surface area contributed by atoms with Crippen molar-refractivity contribution in [1.82, 2.24) is 25.2 Å². The number of aromatic nitrogens is 3. The maximum Gasteiger partial charge on any atom is 0.319 e. The first-order valence-electron chi connectivity index (χ1n) is 16.7. The van der Waals surface area contributed by atoms with E-state index in [0.717, 1.165) is 58.2 Å². The molecule has 11 heteroatoms. The quantitative estimate of drug-likeness (QED) is 0.221. The number of ether oxygens (including phenoxy) is 1. The number of fused-ring (bicyclic) bond motifs is 2. The van der Waals surface area contributed by atoms with Crippen molar-refractivity contribution in [3.63, 3.8) is 0 Å². The summed E-state index contributed by atoms with van der Waals surface area (Å²) in [6.45, 7) is 6.56. The SMILES string of the molecule is C#Cc1c(F)ccc2cc(N)nc(-c3c(F)c4c5c(nc(OCC67CCCN6CCC7)nc5c3F)NCCNCC(CC)CCC4)c12. The van der Waals surface area contributed by atoms with Crippen LogP contribution in [0.2, 0.25) is 0 Å². The fraction of sp³-hybridized carbons (Fsp3) is 0.472. The maximum absolute atomic E-state index is 17.1. The summed E-state index contributed by atoms with van der Waals surface area (Å²) in [4.78, 5) is 16.2. The molecular formula is C36H40F3N7O. The van der Waals surface area contributed by atoms with Gasteiger partial charge in [-0.2, -0.15) is 9.97 Å². The first-order chi connectivity index (χ1) is 22.8. The van der Waals surface area contributed by atoms with Gasteiger partial charge in [-0.1, -0.05) is 25.3 Å². The zero-order valence-electron chi connectivity index (χ0n) is 26.7. The average molecular weight is 644 g/mol. The Morgan fingerprint density at radius 1 is 1.06 bits per heavy atom. The zero-order valence-corrected chi connectivity index (χ0v) is 26.7. The third kappa shape index (κ3) is 5.61. The normalized spacial score (nSPS) is 19.9. The van der Waals surface area contributed by atoms with E-state index in [1.807, 2.05) is 0 Å². The Morgan fingerprint density at radius 2 is 1.87 bits per heavy atom. The third-order valence-electron chi connectivity index (χ3n) is 10.4. The standard InChI is InChI=1S/C36H40F3N7O/c1-3-21-8-5-9-24-28-33(31(39)29(30(24)38)32-27-22(18-26(40)43-32)10-11-25(37)23(27)4-2)44-35(45-34(28)42-15-14-41-19-21)47-20-36-12-6-16-46(36)17-7-13-36/h2,10-11,18,21,41H,3,5-9,12-17,19-20H2,1H3,(H2,40,43)(H,42,44,45). The number of nitrogens with two attached hydrogens (primary N) is 1. The molecule has 4 N–H and O–H groups in total. The minimum Gasteiger partial charge on any atom is -0.461 e. The molecule has 5 heterocycles. The van der Waals surface area contributed by atoms with Crippen molar-refractivity contribution in [1.29, 1.82) is 0 Å². The lowest BCUT2D eigenvalue weighted by atomic mass is 9.91. The Kier molecular flexibility index (Phi) is 8.57. The van der Waals surface area contributed by atoms with Crippen molar-refractivity contribution in [3.05, 3.63) is 46.8 Å². The molecule has 2 aromatic carbocycles. The highest BCUT2D eigenvalue weighted by Crippen LogP contribution is 2.43. The van der Waals surface area contributed by atoms with E-state index >= 15 is 13.2 Å². The molecule has 2 aromatic heterocycles. The van der Waals surface area contributed by atoms with Gasteiger partial charge in [0.1, 0.15) is 35.4 Å². The third-order valence-corrected chi connectivity index (χ3v) is 10.4. The molecule has 3 aliphatic heterocycles. The summed E-state index contributed by atoms with van der Waals surface area (Å²) < 4.78 is 55.5. The van der Waals surface area contributed by atoms with E-state index in [-0.39, 0.29) is 50.5 Å². The second-order valence-electron chi connectivity index (χ2n) is 13.1. The maximum atomic E-state index is 17.1. The van der Waals surface area contributed by atoms with Gasteiger partial charge < -0.3 is 21.1 Å². The topological polar surface area (TPSA) is 101 Å². The number of nitrogens with one attached hydrogen (secondary N) is 2. The molecule has 8 nitrogen and oxygen atoms in total. The van der Waals surface area contributed by atoms with E-state index in [1.54, 1.807) is 0 Å². The molecule has 2 saturated heterocycles. The summed E-state index contributed by atoms with van der Waals surface area (Å²) in [5.74, 6) is 0.636. The van der Waals surface area contributed by atoms with Gasteiger partial charge in [0.25, 0.3) is 0 Å². The van der Waals surface area contributed by atoms with Crippen molar-refractivity contribution in [2.75, 3.05) is 50.4 Å². The summed E-state index contributed by atoms with van der Waals surface area (Å²) in [5.41, 5.74) is 5.49. The van der Waals surface area contributed by atoms with Crippen LogP contribution in [0.1, 0.15) is 63.0 Å². The van der Waals surface area contributed by atoms with Crippen LogP contribution >= 0.6 is 0 Å². The molecule has 0 saturated carbocycles. The van der Waals surface area contributed by atoms with E-state index in [9.17, 15) is 0 Å². The average Bonchev–Trinajstić information content (AvgIpc) is 3.64. The number of nitrogen functional groups attached to an aromatic ring is 1. The number of terminal acetylenes is 1. The molecule has 0 radical (unpaired) electrons. The zero-order chi connectivity index (χ0) is 32.7. The summed E-state index contributed by atoms with van der Waals surface area (Å²) in [7, 11) is 0. The van der Waals surface area contributed by atoms with E-state index < -0.39 is 23.0 Å². The Hall–Kier alpha value is -4.14. The number of hydrogen-bond acceptors (Lipinski definition) is 8. The van der Waals surface area contributed by atoms with Gasteiger partial charge in [-0.05, 0) is 88.0 Å². The summed E-state index contributed by atoms with van der Waals surface area (Å²) in [6, 6.07) is 4.22. The largest absolute Gasteiger partial charge is 0.461 e. The number of benzene rings is 2. The number of aryl methyl sites for hydroxylation is 1. The van der Waals surface area contributed by atoms with Crippen LogP contribution in [0.25, 0.3) is 32.9 Å². The van der Waals surface area contributed by atoms with Crippen LogP contribution in [-0.2, 0) is 6.42 Å². The van der Waals surface area contributed by atoms with Crippen LogP contribution in [0.4, 0.5) is 24.8 Å². The number of halogens is 3. The molecular weight excluding hydrogens is 603 g/mol. The first-order valence-corrected chi connectivity index (χ1v) is 16.7. The van der Waals surface area contributed by atoms with Crippen LogP contribution in [0, 0.1) is 35.7 Å². The van der Waals surface area contributed by atoms with E-state index in [1.165, 1.54) is 18.2 Å². The first kappa shape index (κ1) is 31.5. The summed E-state index contributed by atoms with van der Waals surface area (Å²) >= 11 is 0. The Morgan fingerprint density at radius 3 is 2.64 bits per heavy atom. The van der Waals surface area contributed by atoms with Crippen molar-refractivity contribution in [2.45, 2.75) is 63.8 Å². The molecule has 4 aromatic rings. The van der Waals surface area contributed by atoms with E-state index in [4.69, 9.17) is 21.9 Å². The van der Waals surface area contributed by atoms with Crippen molar-refractivity contribution >= 4 is 33.3 Å². The highest BCUT2D eigenvalue weighted by atomic mass is 19.1. The Bertz CT molecular complexity index is 1880. The molecule has 0 amide bonds. The molecule has 1 unspecified atom stereocenters. The summed E-state index contributed by atoms with van der Waals surface area (Å²) in [5, 5.41) is 7.62. The van der Waals surface area contributed by atoms with Gasteiger partial charge in [0.2, 0.25) is 0 Å². The van der Waals surface area contributed by atoms with Gasteiger partial charge in [-0.25, -0.2) is 18.2 Å². The highest BCUT2D eigenvalue weighted by Gasteiger charge is 2.45. The highest BCUT2D eigenvalue weighted by molar-refractivity contribution is 6.03. The lowest BCUT2D eigenvalue weighted by Gasteiger charge is -2.31.